The molecule has 0 aliphatic carbocycles. The minimum absolute atomic E-state index is 0.168. The molecule has 1 aliphatic rings. The number of hydrogen-bond acceptors (Lipinski definition) is 7. The van der Waals surface area contributed by atoms with Gasteiger partial charge in [-0.25, -0.2) is 14.6 Å². The number of aliphatic hydroxyl groups is 1. The average Bonchev–Trinajstić information content (AvgIpc) is 3.14. The Morgan fingerprint density at radius 3 is 2.76 bits per heavy atom. The lowest BCUT2D eigenvalue weighted by molar-refractivity contribution is 0.0179. The van der Waals surface area contributed by atoms with Crippen molar-refractivity contribution in [2.75, 3.05) is 25.9 Å². The molecule has 3 N–H and O–H groups in total. The van der Waals surface area contributed by atoms with Gasteiger partial charge in [-0.2, -0.15) is 5.10 Å². The van der Waals surface area contributed by atoms with E-state index < -0.39 is 6.23 Å². The van der Waals surface area contributed by atoms with Gasteiger partial charge in [0.1, 0.15) is 29.8 Å². The molecule has 0 spiro atoms. The van der Waals surface area contributed by atoms with Gasteiger partial charge in [0, 0.05) is 18.7 Å². The van der Waals surface area contributed by atoms with Crippen molar-refractivity contribution in [1.82, 2.24) is 24.6 Å². The molecule has 1 atom stereocenters. The number of aryl methyl sites for hydroxylation is 1. The van der Waals surface area contributed by atoms with Crippen LogP contribution in [0.2, 0.25) is 0 Å². The van der Waals surface area contributed by atoms with Gasteiger partial charge in [0.05, 0.1) is 18.5 Å². The van der Waals surface area contributed by atoms with E-state index in [1.54, 1.807) is 13.2 Å². The molecule has 1 unspecified atom stereocenters. The highest BCUT2D eigenvalue weighted by Gasteiger charge is 2.27. The highest BCUT2D eigenvalue weighted by molar-refractivity contribution is 5.98. The van der Waals surface area contributed by atoms with Gasteiger partial charge in [0.25, 0.3) is 0 Å². The van der Waals surface area contributed by atoms with Crippen molar-refractivity contribution in [2.24, 2.45) is 0 Å². The Balaban J connectivity index is 1.76. The number of rotatable bonds is 5. The summed E-state index contributed by atoms with van der Waals surface area (Å²) in [7, 11) is 1.66. The van der Waals surface area contributed by atoms with Gasteiger partial charge in [-0.05, 0) is 37.5 Å². The molecule has 3 heterocycles. The van der Waals surface area contributed by atoms with Crippen LogP contribution in [-0.2, 0) is 0 Å². The Bertz CT molecular complexity index is 1040. The maximum atomic E-state index is 10.0. The molecular formula is C21H26N6O2. The number of hydrogen-bond donors (Lipinski definition) is 2. The topological polar surface area (TPSA) is 102 Å². The van der Waals surface area contributed by atoms with E-state index in [4.69, 9.17) is 15.6 Å². The van der Waals surface area contributed by atoms with Crippen LogP contribution >= 0.6 is 0 Å². The van der Waals surface area contributed by atoms with Crippen molar-refractivity contribution in [3.05, 3.63) is 42.7 Å². The van der Waals surface area contributed by atoms with Crippen LogP contribution in [0.5, 0.6) is 5.75 Å². The molecular weight excluding hydrogens is 368 g/mol. The van der Waals surface area contributed by atoms with Crippen LogP contribution < -0.4 is 10.5 Å². The lowest BCUT2D eigenvalue weighted by atomic mass is 10.0. The molecule has 0 radical (unpaired) electrons. The van der Waals surface area contributed by atoms with Crippen molar-refractivity contribution in [3.8, 4) is 17.0 Å². The van der Waals surface area contributed by atoms with E-state index in [-0.39, 0.29) is 6.04 Å². The summed E-state index contributed by atoms with van der Waals surface area (Å²) in [6.45, 7) is 7.19. The second-order valence-corrected chi connectivity index (χ2v) is 7.35. The predicted octanol–water partition coefficient (Wildman–Crippen LogP) is 2.53. The molecule has 8 nitrogen and oxygen atoms in total. The van der Waals surface area contributed by atoms with E-state index in [1.807, 2.05) is 34.7 Å². The van der Waals surface area contributed by atoms with Crippen LogP contribution in [0.3, 0.4) is 0 Å². The molecule has 29 heavy (non-hydrogen) atoms. The zero-order valence-corrected chi connectivity index (χ0v) is 16.7. The number of anilines is 1. The molecule has 4 rings (SSSR count). The summed E-state index contributed by atoms with van der Waals surface area (Å²) in [5.41, 5.74) is 9.68. The van der Waals surface area contributed by atoms with E-state index in [0.717, 1.165) is 59.5 Å². The number of methoxy groups -OCH3 is 1. The number of aromatic nitrogens is 4. The van der Waals surface area contributed by atoms with Crippen LogP contribution in [0.4, 0.5) is 5.82 Å². The minimum Gasteiger partial charge on any atom is -0.496 e. The monoisotopic (exact) mass is 394 g/mol. The molecule has 0 bridgehead atoms. The highest BCUT2D eigenvalue weighted by atomic mass is 16.5. The summed E-state index contributed by atoms with van der Waals surface area (Å²) >= 11 is 0. The van der Waals surface area contributed by atoms with Gasteiger partial charge in [0.2, 0.25) is 0 Å². The second kappa shape index (κ2) is 7.81. The van der Waals surface area contributed by atoms with Gasteiger partial charge in [-0.3, -0.25) is 4.90 Å². The first kappa shape index (κ1) is 19.4. The fourth-order valence-corrected chi connectivity index (χ4v) is 3.96. The van der Waals surface area contributed by atoms with Gasteiger partial charge < -0.3 is 15.6 Å². The molecule has 2 aromatic heterocycles. The molecule has 3 aromatic rings. The molecule has 0 amide bonds. The lowest BCUT2D eigenvalue weighted by Gasteiger charge is -2.34. The quantitative estimate of drug-likeness (QED) is 0.641. The Hall–Kier alpha value is -2.97. The van der Waals surface area contributed by atoms with Gasteiger partial charge in [0.15, 0.2) is 5.65 Å². The van der Waals surface area contributed by atoms with E-state index in [9.17, 15) is 5.11 Å². The fourth-order valence-electron chi connectivity index (χ4n) is 3.96. The third-order valence-corrected chi connectivity index (χ3v) is 5.63. The van der Waals surface area contributed by atoms with Crippen LogP contribution in [0.1, 0.15) is 24.4 Å². The second-order valence-electron chi connectivity index (χ2n) is 7.35. The number of benzene rings is 1. The summed E-state index contributed by atoms with van der Waals surface area (Å²) in [4.78, 5) is 10.7. The number of aliphatic hydroxyl groups excluding tert-OH is 1. The van der Waals surface area contributed by atoms with Crippen molar-refractivity contribution in [1.29, 1.82) is 0 Å². The molecule has 0 saturated carbocycles. The first-order valence-corrected chi connectivity index (χ1v) is 9.72. The molecule has 1 aromatic carbocycles. The predicted molar refractivity (Wildman–Crippen MR) is 113 cm³/mol. The maximum Gasteiger partial charge on any atom is 0.164 e. The summed E-state index contributed by atoms with van der Waals surface area (Å²) in [6.07, 6.45) is 4.12. The van der Waals surface area contributed by atoms with E-state index in [2.05, 4.69) is 16.5 Å². The molecule has 152 valence electrons. The number of nitrogens with zero attached hydrogens (tertiary/aromatic N) is 5. The van der Waals surface area contributed by atoms with Gasteiger partial charge in [-0.15, -0.1) is 0 Å². The summed E-state index contributed by atoms with van der Waals surface area (Å²) in [6, 6.07) is 6.16. The molecule has 1 saturated heterocycles. The minimum atomic E-state index is -0.612. The summed E-state index contributed by atoms with van der Waals surface area (Å²) in [5.74, 6) is 1.21. The van der Waals surface area contributed by atoms with E-state index in [0.29, 0.717) is 5.82 Å². The number of likely N-dealkylation sites (tertiary alicyclic amines) is 1. The van der Waals surface area contributed by atoms with E-state index in [1.165, 1.54) is 6.33 Å². The largest absolute Gasteiger partial charge is 0.496 e. The fraction of sp³-hybridized carbons (Fsp3) is 0.381. The van der Waals surface area contributed by atoms with Crippen LogP contribution in [0, 0.1) is 6.92 Å². The summed E-state index contributed by atoms with van der Waals surface area (Å²) in [5, 5.41) is 15.7. The Morgan fingerprint density at radius 2 is 2.07 bits per heavy atom. The van der Waals surface area contributed by atoms with Crippen molar-refractivity contribution in [2.45, 2.75) is 32.0 Å². The third-order valence-electron chi connectivity index (χ3n) is 5.63. The summed E-state index contributed by atoms with van der Waals surface area (Å²) < 4.78 is 7.45. The van der Waals surface area contributed by atoms with Crippen molar-refractivity contribution >= 4 is 16.9 Å². The first-order chi connectivity index (χ1) is 14.0. The standard InChI is InChI=1S/C21H26N6O2/c1-4-17(28)26-9-7-15(8-10-26)27-21-18(20(22)23-12-24-21)19(25-27)14-6-5-13(2)16(11-14)29-3/h4-6,11-12,15,17,28H,1,7-10H2,2-3H3,(H2,22,23,24). The lowest BCUT2D eigenvalue weighted by Crippen LogP contribution is -2.41. The molecule has 8 heteroatoms. The number of piperidine rings is 1. The number of ether oxygens (including phenoxy) is 1. The smallest absolute Gasteiger partial charge is 0.164 e. The van der Waals surface area contributed by atoms with Gasteiger partial charge >= 0.3 is 0 Å². The van der Waals surface area contributed by atoms with Crippen LogP contribution in [0.15, 0.2) is 37.2 Å². The Labute approximate surface area is 169 Å². The maximum absolute atomic E-state index is 10.0. The third kappa shape index (κ3) is 3.45. The van der Waals surface area contributed by atoms with E-state index >= 15 is 0 Å². The van der Waals surface area contributed by atoms with Crippen LogP contribution in [-0.4, -0.2) is 56.2 Å². The Kier molecular flexibility index (Phi) is 5.21. The average molecular weight is 394 g/mol. The zero-order chi connectivity index (χ0) is 20.5. The normalized spacial score (nSPS) is 16.8. The number of fused-ring (bicyclic) bond motifs is 1. The molecule has 1 fully saturated rings. The van der Waals surface area contributed by atoms with Gasteiger partial charge in [-0.1, -0.05) is 18.7 Å². The highest BCUT2D eigenvalue weighted by Crippen LogP contribution is 2.36. The zero-order valence-electron chi connectivity index (χ0n) is 16.7. The SMILES string of the molecule is C=CC(O)N1CCC(n2nc(-c3ccc(C)c(OC)c3)c3c(N)ncnc32)CC1. The van der Waals surface area contributed by atoms with Crippen molar-refractivity contribution in [3.63, 3.8) is 0 Å². The molecule has 1 aliphatic heterocycles. The Morgan fingerprint density at radius 1 is 1.31 bits per heavy atom. The van der Waals surface area contributed by atoms with Crippen molar-refractivity contribution < 1.29 is 9.84 Å². The first-order valence-electron chi connectivity index (χ1n) is 9.72. The number of nitrogens with two attached hydrogens (primary N) is 1. The van der Waals surface area contributed by atoms with Crippen LogP contribution in [0.25, 0.3) is 22.3 Å². The number of nitrogen functional groups attached to an aromatic ring is 1.